The second-order valence-corrected chi connectivity index (χ2v) is 6.00. The molecule has 0 saturated carbocycles. The van der Waals surface area contributed by atoms with Crippen molar-refractivity contribution in [3.63, 3.8) is 0 Å². The summed E-state index contributed by atoms with van der Waals surface area (Å²) in [6.45, 7) is 4.68. The molecule has 2 N–H and O–H groups in total. The number of fused-ring (bicyclic) bond motifs is 1. The Morgan fingerprint density at radius 2 is 2.32 bits per heavy atom. The number of para-hydroxylation sites is 2. The normalized spacial score (nSPS) is 18.0. The van der Waals surface area contributed by atoms with Gasteiger partial charge >= 0.3 is 0 Å². The summed E-state index contributed by atoms with van der Waals surface area (Å²) < 4.78 is 2.22. The van der Waals surface area contributed by atoms with Crippen LogP contribution in [-0.2, 0) is 11.3 Å². The summed E-state index contributed by atoms with van der Waals surface area (Å²) in [5.41, 5.74) is 2.21. The molecule has 118 valence electrons. The van der Waals surface area contributed by atoms with Crippen molar-refractivity contribution < 1.29 is 4.79 Å². The van der Waals surface area contributed by atoms with Gasteiger partial charge in [0.05, 0.1) is 11.0 Å². The molecule has 0 bridgehead atoms. The Bertz CT molecular complexity index is 643. The maximum absolute atomic E-state index is 11.9. The van der Waals surface area contributed by atoms with Crippen molar-refractivity contribution in [1.29, 1.82) is 0 Å². The topological polar surface area (TPSA) is 59.0 Å². The molecule has 1 aliphatic heterocycles. The van der Waals surface area contributed by atoms with E-state index in [0.717, 1.165) is 43.8 Å². The molecule has 1 aromatic carbocycles. The Kier molecular flexibility index (Phi) is 4.73. The van der Waals surface area contributed by atoms with Gasteiger partial charge in [-0.05, 0) is 44.9 Å². The maximum atomic E-state index is 11.9. The van der Waals surface area contributed by atoms with E-state index in [4.69, 9.17) is 0 Å². The number of nitrogens with one attached hydrogen (secondary N) is 2. The lowest BCUT2D eigenvalue weighted by Gasteiger charge is -2.11. The number of amides is 1. The molecular formula is C17H24N4O. The molecule has 22 heavy (non-hydrogen) atoms. The lowest BCUT2D eigenvalue weighted by atomic mass is 10.1. The molecule has 1 aromatic heterocycles. The van der Waals surface area contributed by atoms with Crippen molar-refractivity contribution in [3.8, 4) is 0 Å². The largest absolute Gasteiger partial charge is 0.356 e. The highest BCUT2D eigenvalue weighted by atomic mass is 16.1. The summed E-state index contributed by atoms with van der Waals surface area (Å²) in [5, 5.41) is 6.38. The molecule has 1 saturated heterocycles. The molecule has 0 radical (unpaired) electrons. The van der Waals surface area contributed by atoms with E-state index >= 15 is 0 Å². The molecule has 1 fully saturated rings. The average Bonchev–Trinajstić information content (AvgIpc) is 3.11. The first-order chi connectivity index (χ1) is 10.7. The van der Waals surface area contributed by atoms with Gasteiger partial charge < -0.3 is 15.2 Å². The molecule has 2 heterocycles. The summed E-state index contributed by atoms with van der Waals surface area (Å²) in [7, 11) is 0. The highest BCUT2D eigenvalue weighted by molar-refractivity contribution is 5.76. The van der Waals surface area contributed by atoms with E-state index in [0.29, 0.717) is 12.5 Å². The highest BCUT2D eigenvalue weighted by Crippen LogP contribution is 2.15. The number of imidazole rings is 1. The second kappa shape index (κ2) is 6.92. The zero-order valence-electron chi connectivity index (χ0n) is 13.1. The molecule has 0 aliphatic carbocycles. The first-order valence-corrected chi connectivity index (χ1v) is 8.16. The van der Waals surface area contributed by atoms with E-state index in [1.54, 1.807) is 0 Å². The maximum Gasteiger partial charge on any atom is 0.221 e. The van der Waals surface area contributed by atoms with Gasteiger partial charge in [-0.2, -0.15) is 0 Å². The second-order valence-electron chi connectivity index (χ2n) is 6.00. The fourth-order valence-electron chi connectivity index (χ4n) is 3.17. The van der Waals surface area contributed by atoms with Crippen LogP contribution in [0.3, 0.4) is 0 Å². The minimum atomic E-state index is 0.159. The monoisotopic (exact) mass is 300 g/mol. The van der Waals surface area contributed by atoms with Gasteiger partial charge in [0, 0.05) is 25.6 Å². The Hall–Kier alpha value is -1.88. The van der Waals surface area contributed by atoms with Gasteiger partial charge in [0.25, 0.3) is 0 Å². The molecule has 1 aliphatic rings. The summed E-state index contributed by atoms with van der Waals surface area (Å²) in [4.78, 5) is 16.4. The van der Waals surface area contributed by atoms with Crippen LogP contribution >= 0.6 is 0 Å². The number of aromatic nitrogens is 2. The number of carbonyl (C=O) groups excluding carboxylic acids is 1. The Morgan fingerprint density at radius 1 is 1.45 bits per heavy atom. The minimum Gasteiger partial charge on any atom is -0.356 e. The molecule has 2 aromatic rings. The van der Waals surface area contributed by atoms with Gasteiger partial charge in [0.15, 0.2) is 0 Å². The fourth-order valence-corrected chi connectivity index (χ4v) is 3.17. The summed E-state index contributed by atoms with van der Waals surface area (Å²) in [5.74, 6) is 1.19. The predicted octanol–water partition coefficient (Wildman–Crippen LogP) is 1.99. The van der Waals surface area contributed by atoms with Crippen molar-refractivity contribution in [3.05, 3.63) is 30.1 Å². The number of hydrogen-bond acceptors (Lipinski definition) is 3. The molecular weight excluding hydrogens is 276 g/mol. The van der Waals surface area contributed by atoms with Crippen LogP contribution in [0.1, 0.15) is 31.5 Å². The molecule has 5 heteroatoms. The van der Waals surface area contributed by atoms with Crippen LogP contribution < -0.4 is 10.6 Å². The van der Waals surface area contributed by atoms with Crippen LogP contribution in [0.5, 0.6) is 0 Å². The van der Waals surface area contributed by atoms with E-state index < -0.39 is 0 Å². The van der Waals surface area contributed by atoms with Gasteiger partial charge in [-0.1, -0.05) is 12.1 Å². The van der Waals surface area contributed by atoms with Crippen LogP contribution in [0.2, 0.25) is 0 Å². The van der Waals surface area contributed by atoms with Crippen molar-refractivity contribution >= 4 is 16.9 Å². The number of benzene rings is 1. The van der Waals surface area contributed by atoms with Gasteiger partial charge in [0.2, 0.25) is 5.91 Å². The zero-order chi connectivity index (χ0) is 15.4. The third-order valence-corrected chi connectivity index (χ3v) is 4.32. The van der Waals surface area contributed by atoms with Crippen molar-refractivity contribution in [2.45, 2.75) is 45.2 Å². The third-order valence-electron chi connectivity index (χ3n) is 4.32. The first kappa shape index (κ1) is 15.0. The van der Waals surface area contributed by atoms with E-state index in [9.17, 15) is 4.79 Å². The summed E-state index contributed by atoms with van der Waals surface area (Å²) in [6, 6.07) is 8.56. The van der Waals surface area contributed by atoms with Crippen molar-refractivity contribution in [2.75, 3.05) is 13.1 Å². The Labute approximate surface area is 131 Å². The minimum absolute atomic E-state index is 0.159. The Balaban J connectivity index is 1.46. The van der Waals surface area contributed by atoms with E-state index in [1.807, 2.05) is 25.1 Å². The average molecular weight is 300 g/mol. The van der Waals surface area contributed by atoms with E-state index in [1.165, 1.54) is 11.9 Å². The molecule has 1 atom stereocenters. The fraction of sp³-hybridized carbons (Fsp3) is 0.529. The number of nitrogens with zero attached hydrogens (tertiary/aromatic N) is 2. The molecule has 3 rings (SSSR count). The lowest BCUT2D eigenvalue weighted by Crippen LogP contribution is -2.32. The van der Waals surface area contributed by atoms with Crippen LogP contribution in [0, 0.1) is 6.92 Å². The van der Waals surface area contributed by atoms with Gasteiger partial charge in [-0.15, -0.1) is 0 Å². The van der Waals surface area contributed by atoms with Crippen molar-refractivity contribution in [2.24, 2.45) is 0 Å². The number of rotatable bonds is 6. The van der Waals surface area contributed by atoms with Crippen molar-refractivity contribution in [1.82, 2.24) is 20.2 Å². The van der Waals surface area contributed by atoms with Crippen LogP contribution in [0.15, 0.2) is 24.3 Å². The van der Waals surface area contributed by atoms with E-state index in [-0.39, 0.29) is 5.91 Å². The van der Waals surface area contributed by atoms with Gasteiger partial charge in [0.1, 0.15) is 5.82 Å². The van der Waals surface area contributed by atoms with E-state index in [2.05, 4.69) is 26.3 Å². The number of carbonyl (C=O) groups is 1. The number of aryl methyl sites for hydroxylation is 2. The SMILES string of the molecule is Cc1nc2ccccc2n1CCCNC(=O)CC1CCCN1. The summed E-state index contributed by atoms with van der Waals surface area (Å²) >= 11 is 0. The van der Waals surface area contributed by atoms with Gasteiger partial charge in [-0.3, -0.25) is 4.79 Å². The molecule has 5 nitrogen and oxygen atoms in total. The summed E-state index contributed by atoms with van der Waals surface area (Å²) in [6.07, 6.45) is 3.83. The molecule has 1 amide bonds. The Morgan fingerprint density at radius 3 is 3.14 bits per heavy atom. The highest BCUT2D eigenvalue weighted by Gasteiger charge is 2.17. The van der Waals surface area contributed by atoms with Crippen LogP contribution in [0.4, 0.5) is 0 Å². The predicted molar refractivity (Wildman–Crippen MR) is 87.7 cm³/mol. The zero-order valence-corrected chi connectivity index (χ0v) is 13.1. The first-order valence-electron chi connectivity index (χ1n) is 8.16. The lowest BCUT2D eigenvalue weighted by molar-refractivity contribution is -0.121. The van der Waals surface area contributed by atoms with Gasteiger partial charge in [-0.25, -0.2) is 4.98 Å². The number of hydrogen-bond donors (Lipinski definition) is 2. The quantitative estimate of drug-likeness (QED) is 0.802. The van der Waals surface area contributed by atoms with Crippen LogP contribution in [-0.4, -0.2) is 34.6 Å². The molecule has 1 unspecified atom stereocenters. The van der Waals surface area contributed by atoms with Crippen LogP contribution in [0.25, 0.3) is 11.0 Å². The smallest absolute Gasteiger partial charge is 0.221 e. The molecule has 0 spiro atoms. The standard InChI is InChI=1S/C17H24N4O/c1-13-20-15-7-2-3-8-16(15)21(13)11-5-10-19-17(22)12-14-6-4-9-18-14/h2-3,7-8,14,18H,4-6,9-12H2,1H3,(H,19,22). The third kappa shape index (κ3) is 3.47.